The summed E-state index contributed by atoms with van der Waals surface area (Å²) in [6, 6.07) is 4.86. The highest BCUT2D eigenvalue weighted by molar-refractivity contribution is 6.34. The Bertz CT molecular complexity index is 968. The lowest BCUT2D eigenvalue weighted by Crippen LogP contribution is -2.13. The van der Waals surface area contributed by atoms with Crippen LogP contribution in [0.25, 0.3) is 11.1 Å². The van der Waals surface area contributed by atoms with Crippen LogP contribution >= 0.6 is 11.6 Å². The summed E-state index contributed by atoms with van der Waals surface area (Å²) in [4.78, 5) is 17.0. The molecule has 1 N–H and O–H groups in total. The predicted molar refractivity (Wildman–Crippen MR) is 93.8 cm³/mol. The molecule has 0 bridgehead atoms. The summed E-state index contributed by atoms with van der Waals surface area (Å²) in [6.45, 7) is 3.53. The number of ether oxygens (including phenoxy) is 2. The Morgan fingerprint density at radius 3 is 2.52 bits per heavy atom. The van der Waals surface area contributed by atoms with Crippen molar-refractivity contribution in [2.45, 2.75) is 13.8 Å². The molecule has 25 heavy (non-hydrogen) atoms. The van der Waals surface area contributed by atoms with E-state index in [1.165, 1.54) is 14.2 Å². The summed E-state index contributed by atoms with van der Waals surface area (Å²) < 4.78 is 15.6. The molecule has 0 unspecified atom stereocenters. The van der Waals surface area contributed by atoms with Gasteiger partial charge in [-0.05, 0) is 19.9 Å². The van der Waals surface area contributed by atoms with E-state index in [2.05, 4.69) is 15.5 Å². The van der Waals surface area contributed by atoms with Crippen LogP contribution in [0.5, 0.6) is 11.5 Å². The topological polar surface area (TPSA) is 86.5 Å². The molecule has 2 heterocycles. The van der Waals surface area contributed by atoms with E-state index >= 15 is 0 Å². The van der Waals surface area contributed by atoms with Crippen LogP contribution in [0.1, 0.15) is 21.7 Å². The van der Waals surface area contributed by atoms with Crippen LogP contribution in [-0.4, -0.2) is 30.3 Å². The van der Waals surface area contributed by atoms with Crippen molar-refractivity contribution in [3.8, 4) is 11.5 Å². The standard InChI is InChI=1S/C17H16ClN3O4/c1-8-5-10(15-9(2)21-25-17(15)19-8)16(22)20-12-7-14(24-4)13(23-3)6-11(12)18/h5-7H,1-4H3,(H,20,22). The molecule has 3 rings (SSSR count). The highest BCUT2D eigenvalue weighted by Crippen LogP contribution is 2.36. The predicted octanol–water partition coefficient (Wildman–Crippen LogP) is 3.76. The zero-order valence-corrected chi connectivity index (χ0v) is 14.9. The number of aromatic nitrogens is 2. The molecule has 0 fully saturated rings. The smallest absolute Gasteiger partial charge is 0.258 e. The second-order valence-corrected chi connectivity index (χ2v) is 5.81. The Balaban J connectivity index is 2.02. The minimum absolute atomic E-state index is 0.320. The number of carbonyl (C=O) groups is 1. The number of aryl methyl sites for hydroxylation is 2. The Labute approximate surface area is 148 Å². The number of carbonyl (C=O) groups excluding carboxylic acids is 1. The maximum atomic E-state index is 12.8. The average molecular weight is 362 g/mol. The van der Waals surface area contributed by atoms with Crippen molar-refractivity contribution < 1.29 is 18.8 Å². The third-order valence-corrected chi connectivity index (χ3v) is 4.02. The summed E-state index contributed by atoms with van der Waals surface area (Å²) in [6.07, 6.45) is 0. The molecule has 0 radical (unpaired) electrons. The largest absolute Gasteiger partial charge is 0.493 e. The van der Waals surface area contributed by atoms with Crippen LogP contribution in [0.4, 0.5) is 5.69 Å². The summed E-state index contributed by atoms with van der Waals surface area (Å²) in [5.74, 6) is 0.581. The molecule has 1 aromatic carbocycles. The number of fused-ring (bicyclic) bond motifs is 1. The summed E-state index contributed by atoms with van der Waals surface area (Å²) >= 11 is 6.23. The van der Waals surface area contributed by atoms with E-state index in [-0.39, 0.29) is 5.91 Å². The van der Waals surface area contributed by atoms with Gasteiger partial charge in [0.2, 0.25) is 0 Å². The number of rotatable bonds is 4. The fourth-order valence-electron chi connectivity index (χ4n) is 2.54. The number of benzene rings is 1. The number of nitrogens with one attached hydrogen (secondary N) is 1. The maximum Gasteiger partial charge on any atom is 0.258 e. The van der Waals surface area contributed by atoms with Crippen molar-refractivity contribution >= 4 is 34.3 Å². The highest BCUT2D eigenvalue weighted by atomic mass is 35.5. The molecule has 8 heteroatoms. The van der Waals surface area contributed by atoms with Crippen molar-refractivity contribution in [3.63, 3.8) is 0 Å². The third kappa shape index (κ3) is 3.10. The van der Waals surface area contributed by atoms with Gasteiger partial charge in [0, 0.05) is 17.8 Å². The Kier molecular flexibility index (Phi) is 4.50. The number of nitrogens with zero attached hydrogens (tertiary/aromatic N) is 2. The lowest BCUT2D eigenvalue weighted by atomic mass is 10.1. The van der Waals surface area contributed by atoms with Gasteiger partial charge in [0.1, 0.15) is 0 Å². The quantitative estimate of drug-likeness (QED) is 0.761. The zero-order valence-electron chi connectivity index (χ0n) is 14.1. The van der Waals surface area contributed by atoms with Crippen LogP contribution in [0, 0.1) is 13.8 Å². The molecule has 3 aromatic rings. The summed E-state index contributed by atoms with van der Waals surface area (Å²) in [5, 5.41) is 7.56. The normalized spacial score (nSPS) is 10.8. The maximum absolute atomic E-state index is 12.8. The van der Waals surface area contributed by atoms with Crippen LogP contribution in [0.15, 0.2) is 22.7 Å². The number of amides is 1. The van der Waals surface area contributed by atoms with Gasteiger partial charge in [-0.2, -0.15) is 0 Å². The molecule has 0 aliphatic heterocycles. The summed E-state index contributed by atoms with van der Waals surface area (Å²) in [7, 11) is 3.02. The highest BCUT2D eigenvalue weighted by Gasteiger charge is 2.19. The second kappa shape index (κ2) is 6.60. The number of pyridine rings is 1. The first kappa shape index (κ1) is 17.0. The Morgan fingerprint density at radius 1 is 1.16 bits per heavy atom. The molecule has 0 saturated carbocycles. The van der Waals surface area contributed by atoms with Gasteiger partial charge >= 0.3 is 0 Å². The Morgan fingerprint density at radius 2 is 1.84 bits per heavy atom. The molecule has 130 valence electrons. The molecule has 0 aliphatic carbocycles. The first-order valence-electron chi connectivity index (χ1n) is 7.41. The first-order valence-corrected chi connectivity index (χ1v) is 7.79. The molecular weight excluding hydrogens is 346 g/mol. The number of hydrogen-bond donors (Lipinski definition) is 1. The van der Waals surface area contributed by atoms with E-state index in [4.69, 9.17) is 25.6 Å². The zero-order chi connectivity index (χ0) is 18.1. The van der Waals surface area contributed by atoms with Crippen molar-refractivity contribution in [2.24, 2.45) is 0 Å². The SMILES string of the molecule is COc1cc(Cl)c(NC(=O)c2cc(C)nc3onc(C)c23)cc1OC. The van der Waals surface area contributed by atoms with Crippen LogP contribution in [-0.2, 0) is 0 Å². The van der Waals surface area contributed by atoms with Gasteiger partial charge in [0.15, 0.2) is 11.5 Å². The van der Waals surface area contributed by atoms with E-state index in [0.29, 0.717) is 50.3 Å². The number of methoxy groups -OCH3 is 2. The molecule has 1 amide bonds. The monoisotopic (exact) mass is 361 g/mol. The van der Waals surface area contributed by atoms with Gasteiger partial charge in [0.25, 0.3) is 11.6 Å². The number of anilines is 1. The average Bonchev–Trinajstić information content (AvgIpc) is 2.96. The van der Waals surface area contributed by atoms with Crippen LogP contribution in [0.2, 0.25) is 5.02 Å². The van der Waals surface area contributed by atoms with Crippen molar-refractivity contribution in [3.05, 3.63) is 40.2 Å². The summed E-state index contributed by atoms with van der Waals surface area (Å²) in [5.41, 5.74) is 2.37. The van der Waals surface area contributed by atoms with Crippen molar-refractivity contribution in [1.29, 1.82) is 0 Å². The van der Waals surface area contributed by atoms with E-state index in [1.54, 1.807) is 32.0 Å². The Hall–Kier alpha value is -2.80. The fraction of sp³-hybridized carbons (Fsp3) is 0.235. The second-order valence-electron chi connectivity index (χ2n) is 5.40. The molecule has 2 aromatic heterocycles. The fourth-order valence-corrected chi connectivity index (χ4v) is 2.74. The minimum atomic E-state index is -0.351. The lowest BCUT2D eigenvalue weighted by Gasteiger charge is -2.13. The first-order chi connectivity index (χ1) is 11.9. The minimum Gasteiger partial charge on any atom is -0.493 e. The van der Waals surface area contributed by atoms with Crippen molar-refractivity contribution in [1.82, 2.24) is 10.1 Å². The lowest BCUT2D eigenvalue weighted by molar-refractivity contribution is 0.102. The molecule has 0 atom stereocenters. The van der Waals surface area contributed by atoms with Crippen molar-refractivity contribution in [2.75, 3.05) is 19.5 Å². The van der Waals surface area contributed by atoms with Crippen LogP contribution < -0.4 is 14.8 Å². The van der Waals surface area contributed by atoms with Gasteiger partial charge < -0.3 is 19.3 Å². The van der Waals surface area contributed by atoms with E-state index in [9.17, 15) is 4.79 Å². The van der Waals surface area contributed by atoms with Gasteiger partial charge in [-0.3, -0.25) is 4.79 Å². The third-order valence-electron chi connectivity index (χ3n) is 3.71. The molecule has 0 aliphatic rings. The van der Waals surface area contributed by atoms with Gasteiger partial charge in [-0.15, -0.1) is 0 Å². The molecule has 7 nitrogen and oxygen atoms in total. The van der Waals surface area contributed by atoms with E-state index in [1.807, 2.05) is 0 Å². The number of halogens is 1. The van der Waals surface area contributed by atoms with Gasteiger partial charge in [-0.1, -0.05) is 16.8 Å². The van der Waals surface area contributed by atoms with Gasteiger partial charge in [-0.25, -0.2) is 4.98 Å². The van der Waals surface area contributed by atoms with Crippen LogP contribution in [0.3, 0.4) is 0 Å². The molecular formula is C17H16ClN3O4. The molecule has 0 saturated heterocycles. The van der Waals surface area contributed by atoms with E-state index in [0.717, 1.165) is 0 Å². The molecule has 0 spiro atoms. The number of hydrogen-bond acceptors (Lipinski definition) is 6. The van der Waals surface area contributed by atoms with Gasteiger partial charge in [0.05, 0.1) is 41.6 Å². The van der Waals surface area contributed by atoms with E-state index < -0.39 is 0 Å².